The number of anilines is 1. The van der Waals surface area contributed by atoms with Crippen molar-refractivity contribution in [3.8, 4) is 0 Å². The smallest absolute Gasteiger partial charge is 0.239 e. The van der Waals surface area contributed by atoms with Gasteiger partial charge in [0.05, 0.1) is 6.04 Å². The van der Waals surface area contributed by atoms with Gasteiger partial charge in [0.25, 0.3) is 0 Å². The van der Waals surface area contributed by atoms with Crippen LogP contribution in [0.15, 0.2) is 30.3 Å². The average Bonchev–Trinajstić information content (AvgIpc) is 2.47. The van der Waals surface area contributed by atoms with E-state index in [1.807, 2.05) is 23.1 Å². The number of para-hydroxylation sites is 1. The molecule has 0 unspecified atom stereocenters. The third kappa shape index (κ3) is 3.73. The van der Waals surface area contributed by atoms with Crippen molar-refractivity contribution in [2.75, 3.05) is 31.1 Å². The van der Waals surface area contributed by atoms with Gasteiger partial charge in [-0.25, -0.2) is 0 Å². The second-order valence-electron chi connectivity index (χ2n) is 5.88. The Morgan fingerprint density at radius 2 is 1.75 bits per heavy atom. The minimum absolute atomic E-state index is 0.103. The third-order valence-corrected chi connectivity index (χ3v) is 3.76. The molecule has 0 spiro atoms. The van der Waals surface area contributed by atoms with Crippen molar-refractivity contribution in [2.24, 2.45) is 11.7 Å². The van der Waals surface area contributed by atoms with Crippen molar-refractivity contribution >= 4 is 11.6 Å². The highest BCUT2D eigenvalue weighted by molar-refractivity contribution is 5.81. The van der Waals surface area contributed by atoms with Crippen LogP contribution >= 0.6 is 0 Å². The number of rotatable bonds is 4. The number of amides is 1. The zero-order chi connectivity index (χ0) is 14.5. The Bertz CT molecular complexity index is 425. The maximum Gasteiger partial charge on any atom is 0.239 e. The molecule has 1 atom stereocenters. The summed E-state index contributed by atoms with van der Waals surface area (Å²) in [5.41, 5.74) is 7.22. The summed E-state index contributed by atoms with van der Waals surface area (Å²) < 4.78 is 0. The summed E-state index contributed by atoms with van der Waals surface area (Å²) in [7, 11) is 0. The molecule has 1 aliphatic heterocycles. The van der Waals surface area contributed by atoms with E-state index in [1.54, 1.807) is 0 Å². The molecule has 4 heteroatoms. The van der Waals surface area contributed by atoms with Crippen molar-refractivity contribution in [1.29, 1.82) is 0 Å². The Kier molecular flexibility index (Phi) is 5.01. The molecule has 2 N–H and O–H groups in total. The van der Waals surface area contributed by atoms with E-state index in [4.69, 9.17) is 5.73 Å². The number of hydrogen-bond donors (Lipinski definition) is 1. The standard InChI is InChI=1S/C16H25N3O/c1-13(2)12-15(17)16(20)19-10-8-18(9-11-19)14-6-4-3-5-7-14/h3-7,13,15H,8-12,17H2,1-2H3/t15-/m0/s1. The van der Waals surface area contributed by atoms with Gasteiger partial charge in [0.1, 0.15) is 0 Å². The second-order valence-corrected chi connectivity index (χ2v) is 5.88. The number of hydrogen-bond acceptors (Lipinski definition) is 3. The van der Waals surface area contributed by atoms with Gasteiger partial charge in [0.2, 0.25) is 5.91 Å². The molecule has 1 aromatic rings. The van der Waals surface area contributed by atoms with Gasteiger partial charge in [-0.1, -0.05) is 32.0 Å². The van der Waals surface area contributed by atoms with E-state index in [-0.39, 0.29) is 11.9 Å². The van der Waals surface area contributed by atoms with Gasteiger partial charge in [-0.05, 0) is 24.5 Å². The van der Waals surface area contributed by atoms with Crippen LogP contribution in [0.5, 0.6) is 0 Å². The van der Waals surface area contributed by atoms with Gasteiger partial charge in [0, 0.05) is 31.9 Å². The molecule has 1 amide bonds. The van der Waals surface area contributed by atoms with Crippen LogP contribution in [-0.4, -0.2) is 43.0 Å². The fourth-order valence-electron chi connectivity index (χ4n) is 2.67. The predicted octanol–water partition coefficient (Wildman–Crippen LogP) is 1.71. The van der Waals surface area contributed by atoms with Gasteiger partial charge in [-0.3, -0.25) is 4.79 Å². The maximum atomic E-state index is 12.3. The van der Waals surface area contributed by atoms with Crippen molar-refractivity contribution in [3.05, 3.63) is 30.3 Å². The minimum atomic E-state index is -0.349. The first kappa shape index (κ1) is 14.9. The lowest BCUT2D eigenvalue weighted by Gasteiger charge is -2.37. The van der Waals surface area contributed by atoms with Gasteiger partial charge in [0.15, 0.2) is 0 Å². The zero-order valence-electron chi connectivity index (χ0n) is 12.5. The molecule has 110 valence electrons. The molecule has 1 saturated heterocycles. The highest BCUT2D eigenvalue weighted by atomic mass is 16.2. The largest absolute Gasteiger partial charge is 0.368 e. The molecule has 20 heavy (non-hydrogen) atoms. The highest BCUT2D eigenvalue weighted by Gasteiger charge is 2.25. The lowest BCUT2D eigenvalue weighted by Crippen LogP contribution is -2.53. The van der Waals surface area contributed by atoms with E-state index < -0.39 is 0 Å². The number of carbonyl (C=O) groups is 1. The molecule has 0 aliphatic carbocycles. The van der Waals surface area contributed by atoms with E-state index in [1.165, 1.54) is 5.69 Å². The number of nitrogens with zero attached hydrogens (tertiary/aromatic N) is 2. The topological polar surface area (TPSA) is 49.6 Å². The Morgan fingerprint density at radius 1 is 1.15 bits per heavy atom. The molecule has 0 aromatic heterocycles. The van der Waals surface area contributed by atoms with Crippen LogP contribution < -0.4 is 10.6 Å². The molecular weight excluding hydrogens is 250 g/mol. The first-order valence-corrected chi connectivity index (χ1v) is 7.42. The zero-order valence-corrected chi connectivity index (χ0v) is 12.5. The van der Waals surface area contributed by atoms with E-state index in [0.29, 0.717) is 5.92 Å². The fraction of sp³-hybridized carbons (Fsp3) is 0.562. The van der Waals surface area contributed by atoms with Crippen molar-refractivity contribution < 1.29 is 4.79 Å². The molecule has 0 saturated carbocycles. The van der Waals surface area contributed by atoms with Crippen molar-refractivity contribution in [3.63, 3.8) is 0 Å². The predicted molar refractivity (Wildman–Crippen MR) is 82.7 cm³/mol. The van der Waals surface area contributed by atoms with Crippen LogP contribution in [0.4, 0.5) is 5.69 Å². The van der Waals surface area contributed by atoms with E-state index in [9.17, 15) is 4.79 Å². The minimum Gasteiger partial charge on any atom is -0.368 e. The highest BCUT2D eigenvalue weighted by Crippen LogP contribution is 2.16. The number of benzene rings is 1. The average molecular weight is 275 g/mol. The van der Waals surface area contributed by atoms with Crippen molar-refractivity contribution in [1.82, 2.24) is 4.90 Å². The number of carbonyl (C=O) groups excluding carboxylic acids is 1. The summed E-state index contributed by atoms with van der Waals surface area (Å²) in [4.78, 5) is 16.5. The first-order valence-electron chi connectivity index (χ1n) is 7.42. The molecule has 0 bridgehead atoms. The molecular formula is C16H25N3O. The molecule has 1 heterocycles. The molecule has 1 aromatic carbocycles. The van der Waals surface area contributed by atoms with Gasteiger partial charge < -0.3 is 15.5 Å². The molecule has 4 nitrogen and oxygen atoms in total. The molecule has 2 rings (SSSR count). The summed E-state index contributed by atoms with van der Waals surface area (Å²) in [5.74, 6) is 0.561. The fourth-order valence-corrected chi connectivity index (χ4v) is 2.67. The normalized spacial score (nSPS) is 17.4. The van der Waals surface area contributed by atoms with Gasteiger partial charge in [-0.15, -0.1) is 0 Å². The maximum absolute atomic E-state index is 12.3. The second kappa shape index (κ2) is 6.75. The van der Waals surface area contributed by atoms with Crippen LogP contribution in [0.2, 0.25) is 0 Å². The Balaban J connectivity index is 1.86. The lowest BCUT2D eigenvalue weighted by atomic mass is 10.0. The third-order valence-electron chi connectivity index (χ3n) is 3.76. The molecule has 1 aliphatic rings. The summed E-state index contributed by atoms with van der Waals surface area (Å²) in [5, 5.41) is 0. The van der Waals surface area contributed by atoms with Gasteiger partial charge in [-0.2, -0.15) is 0 Å². The Morgan fingerprint density at radius 3 is 2.30 bits per heavy atom. The molecule has 0 radical (unpaired) electrons. The summed E-state index contributed by atoms with van der Waals surface area (Å²) in [6.45, 7) is 7.48. The summed E-state index contributed by atoms with van der Waals surface area (Å²) in [6.07, 6.45) is 0.762. The Hall–Kier alpha value is -1.55. The van der Waals surface area contributed by atoms with Crippen LogP contribution in [0, 0.1) is 5.92 Å². The SMILES string of the molecule is CC(C)C[C@H](N)C(=O)N1CCN(c2ccccc2)CC1. The van der Waals surface area contributed by atoms with Crippen molar-refractivity contribution in [2.45, 2.75) is 26.3 Å². The van der Waals surface area contributed by atoms with E-state index in [2.05, 4.69) is 30.9 Å². The number of nitrogens with two attached hydrogens (primary N) is 1. The van der Waals surface area contributed by atoms with E-state index >= 15 is 0 Å². The van der Waals surface area contributed by atoms with Crippen LogP contribution in [0.1, 0.15) is 20.3 Å². The monoisotopic (exact) mass is 275 g/mol. The van der Waals surface area contributed by atoms with E-state index in [0.717, 1.165) is 32.6 Å². The van der Waals surface area contributed by atoms with Crippen LogP contribution in [0.3, 0.4) is 0 Å². The number of piperazine rings is 1. The van der Waals surface area contributed by atoms with Crippen LogP contribution in [-0.2, 0) is 4.79 Å². The Labute approximate surface area is 121 Å². The quantitative estimate of drug-likeness (QED) is 0.910. The first-order chi connectivity index (χ1) is 9.58. The van der Waals surface area contributed by atoms with Gasteiger partial charge >= 0.3 is 0 Å². The summed E-state index contributed by atoms with van der Waals surface area (Å²) in [6, 6.07) is 9.99. The summed E-state index contributed by atoms with van der Waals surface area (Å²) >= 11 is 0. The molecule has 1 fully saturated rings. The lowest BCUT2D eigenvalue weighted by molar-refractivity contribution is -0.133. The van der Waals surface area contributed by atoms with Crippen LogP contribution in [0.25, 0.3) is 0 Å².